The second kappa shape index (κ2) is 5.96. The maximum absolute atomic E-state index is 5.68. The van der Waals surface area contributed by atoms with Gasteiger partial charge in [-0.3, -0.25) is 11.3 Å². The molecule has 4 heteroatoms. The molecular weight excluding hydrogens is 232 g/mol. The number of aryl methyl sites for hydroxylation is 1. The molecule has 1 heterocycles. The molecule has 1 unspecified atom stereocenters. The van der Waals surface area contributed by atoms with Gasteiger partial charge < -0.3 is 4.74 Å². The SMILES string of the molecule is CCOC1CC(CC(NN)c2sccc2C)C1. The molecule has 0 aromatic carbocycles. The van der Waals surface area contributed by atoms with Gasteiger partial charge in [-0.15, -0.1) is 11.3 Å². The van der Waals surface area contributed by atoms with E-state index in [1.165, 1.54) is 23.3 Å². The summed E-state index contributed by atoms with van der Waals surface area (Å²) in [6, 6.07) is 2.47. The molecule has 1 aromatic heterocycles. The Hall–Kier alpha value is -0.420. The minimum atomic E-state index is 0.308. The van der Waals surface area contributed by atoms with Crippen molar-refractivity contribution in [2.75, 3.05) is 6.61 Å². The lowest BCUT2D eigenvalue weighted by atomic mass is 9.78. The first kappa shape index (κ1) is 13.0. The molecule has 0 radical (unpaired) electrons. The van der Waals surface area contributed by atoms with E-state index in [2.05, 4.69) is 30.7 Å². The summed E-state index contributed by atoms with van der Waals surface area (Å²) in [7, 11) is 0. The average molecular weight is 254 g/mol. The van der Waals surface area contributed by atoms with E-state index in [4.69, 9.17) is 10.6 Å². The van der Waals surface area contributed by atoms with Gasteiger partial charge >= 0.3 is 0 Å². The maximum Gasteiger partial charge on any atom is 0.0580 e. The summed E-state index contributed by atoms with van der Waals surface area (Å²) in [6.07, 6.45) is 4.00. The van der Waals surface area contributed by atoms with E-state index in [1.54, 1.807) is 11.3 Å². The molecule has 1 atom stereocenters. The van der Waals surface area contributed by atoms with E-state index >= 15 is 0 Å². The molecule has 1 aliphatic rings. The molecule has 3 N–H and O–H groups in total. The quantitative estimate of drug-likeness (QED) is 0.606. The second-order valence-electron chi connectivity index (χ2n) is 4.84. The highest BCUT2D eigenvalue weighted by Crippen LogP contribution is 2.38. The molecule has 0 spiro atoms. The highest BCUT2D eigenvalue weighted by atomic mass is 32.1. The highest BCUT2D eigenvalue weighted by Gasteiger charge is 2.32. The van der Waals surface area contributed by atoms with Crippen molar-refractivity contribution in [1.29, 1.82) is 0 Å². The number of nitrogens with one attached hydrogen (secondary N) is 1. The first-order chi connectivity index (χ1) is 8.24. The van der Waals surface area contributed by atoms with E-state index in [0.29, 0.717) is 12.1 Å². The molecule has 17 heavy (non-hydrogen) atoms. The summed E-state index contributed by atoms with van der Waals surface area (Å²) in [5.41, 5.74) is 4.31. The van der Waals surface area contributed by atoms with Crippen LogP contribution >= 0.6 is 11.3 Å². The number of thiophene rings is 1. The Kier molecular flexibility index (Phi) is 4.56. The van der Waals surface area contributed by atoms with Gasteiger partial charge in [0.05, 0.1) is 12.1 Å². The van der Waals surface area contributed by atoms with Crippen LogP contribution in [-0.2, 0) is 4.74 Å². The van der Waals surface area contributed by atoms with E-state index < -0.39 is 0 Å². The lowest BCUT2D eigenvalue weighted by molar-refractivity contribution is -0.0290. The molecule has 96 valence electrons. The van der Waals surface area contributed by atoms with Gasteiger partial charge in [-0.2, -0.15) is 0 Å². The fourth-order valence-corrected chi connectivity index (χ4v) is 3.57. The standard InChI is InChI=1S/C13H22N2OS/c1-3-16-11-6-10(7-11)8-12(15-14)13-9(2)4-5-17-13/h4-5,10-12,15H,3,6-8,14H2,1-2H3. The zero-order valence-corrected chi connectivity index (χ0v) is 11.4. The third-order valence-corrected chi connectivity index (χ3v) is 4.72. The van der Waals surface area contributed by atoms with E-state index in [9.17, 15) is 0 Å². The van der Waals surface area contributed by atoms with Gasteiger partial charge in [-0.05, 0) is 56.0 Å². The lowest BCUT2D eigenvalue weighted by Gasteiger charge is -2.36. The van der Waals surface area contributed by atoms with E-state index in [0.717, 1.165) is 18.9 Å². The lowest BCUT2D eigenvalue weighted by Crippen LogP contribution is -2.36. The molecule has 1 fully saturated rings. The van der Waals surface area contributed by atoms with Crippen LogP contribution in [0.25, 0.3) is 0 Å². The van der Waals surface area contributed by atoms with Gasteiger partial charge in [-0.1, -0.05) is 0 Å². The van der Waals surface area contributed by atoms with Crippen LogP contribution < -0.4 is 11.3 Å². The van der Waals surface area contributed by atoms with Crippen molar-refractivity contribution in [1.82, 2.24) is 5.43 Å². The Morgan fingerprint density at radius 2 is 2.35 bits per heavy atom. The Labute approximate surface area is 107 Å². The fraction of sp³-hybridized carbons (Fsp3) is 0.692. The number of hydrazine groups is 1. The van der Waals surface area contributed by atoms with Crippen LogP contribution in [0.2, 0.25) is 0 Å². The normalized spacial score (nSPS) is 25.6. The van der Waals surface area contributed by atoms with Crippen LogP contribution in [-0.4, -0.2) is 12.7 Å². The maximum atomic E-state index is 5.68. The van der Waals surface area contributed by atoms with Crippen molar-refractivity contribution >= 4 is 11.3 Å². The predicted molar refractivity (Wildman–Crippen MR) is 71.9 cm³/mol. The predicted octanol–water partition coefficient (Wildman–Crippen LogP) is 2.77. The molecule has 1 aromatic rings. The number of rotatable bonds is 6. The first-order valence-corrected chi connectivity index (χ1v) is 7.24. The van der Waals surface area contributed by atoms with Crippen molar-refractivity contribution in [3.05, 3.63) is 21.9 Å². The Balaban J connectivity index is 1.84. The van der Waals surface area contributed by atoms with Gasteiger partial charge in [-0.25, -0.2) is 0 Å². The van der Waals surface area contributed by atoms with Crippen LogP contribution in [0.15, 0.2) is 11.4 Å². The minimum absolute atomic E-state index is 0.308. The number of nitrogens with two attached hydrogens (primary N) is 1. The van der Waals surface area contributed by atoms with Crippen LogP contribution in [0.1, 0.15) is 42.7 Å². The molecular formula is C13H22N2OS. The Morgan fingerprint density at radius 1 is 1.59 bits per heavy atom. The summed E-state index contributed by atoms with van der Waals surface area (Å²) < 4.78 is 5.59. The molecule has 2 rings (SSSR count). The third kappa shape index (κ3) is 3.07. The minimum Gasteiger partial charge on any atom is -0.378 e. The Bertz CT molecular complexity index is 347. The van der Waals surface area contributed by atoms with Crippen LogP contribution in [0.4, 0.5) is 0 Å². The van der Waals surface area contributed by atoms with Gasteiger partial charge in [0.25, 0.3) is 0 Å². The van der Waals surface area contributed by atoms with Crippen molar-refractivity contribution < 1.29 is 4.74 Å². The highest BCUT2D eigenvalue weighted by molar-refractivity contribution is 7.10. The average Bonchev–Trinajstić information content (AvgIpc) is 2.68. The molecule has 0 amide bonds. The summed E-state index contributed by atoms with van der Waals surface area (Å²) in [5, 5.41) is 2.14. The monoisotopic (exact) mass is 254 g/mol. The topological polar surface area (TPSA) is 47.3 Å². The van der Waals surface area contributed by atoms with Gasteiger partial charge in [0.2, 0.25) is 0 Å². The summed E-state index contributed by atoms with van der Waals surface area (Å²) in [6.45, 7) is 5.05. The van der Waals surface area contributed by atoms with Crippen LogP contribution in [0.3, 0.4) is 0 Å². The summed E-state index contributed by atoms with van der Waals surface area (Å²) >= 11 is 1.80. The summed E-state index contributed by atoms with van der Waals surface area (Å²) in [5.74, 6) is 6.44. The fourth-order valence-electron chi connectivity index (χ4n) is 2.56. The van der Waals surface area contributed by atoms with Crippen molar-refractivity contribution in [3.8, 4) is 0 Å². The van der Waals surface area contributed by atoms with Crippen molar-refractivity contribution in [2.24, 2.45) is 11.8 Å². The molecule has 0 bridgehead atoms. The third-order valence-electron chi connectivity index (χ3n) is 3.58. The van der Waals surface area contributed by atoms with E-state index in [1.807, 2.05) is 0 Å². The molecule has 0 aliphatic heterocycles. The first-order valence-electron chi connectivity index (χ1n) is 6.36. The zero-order valence-electron chi connectivity index (χ0n) is 10.6. The Morgan fingerprint density at radius 3 is 2.88 bits per heavy atom. The van der Waals surface area contributed by atoms with Gasteiger partial charge in [0, 0.05) is 11.5 Å². The molecule has 1 saturated carbocycles. The number of hydrogen-bond donors (Lipinski definition) is 2. The van der Waals surface area contributed by atoms with Crippen molar-refractivity contribution in [3.63, 3.8) is 0 Å². The van der Waals surface area contributed by atoms with Crippen molar-refractivity contribution in [2.45, 2.75) is 45.3 Å². The molecule has 0 saturated heterocycles. The number of hydrogen-bond acceptors (Lipinski definition) is 4. The van der Waals surface area contributed by atoms with Crippen LogP contribution in [0.5, 0.6) is 0 Å². The van der Waals surface area contributed by atoms with E-state index in [-0.39, 0.29) is 0 Å². The number of ether oxygens (including phenoxy) is 1. The molecule has 3 nitrogen and oxygen atoms in total. The second-order valence-corrected chi connectivity index (χ2v) is 5.79. The molecule has 1 aliphatic carbocycles. The van der Waals surface area contributed by atoms with Gasteiger partial charge in [0.15, 0.2) is 0 Å². The van der Waals surface area contributed by atoms with Gasteiger partial charge in [0.1, 0.15) is 0 Å². The summed E-state index contributed by atoms with van der Waals surface area (Å²) in [4.78, 5) is 1.38. The largest absolute Gasteiger partial charge is 0.378 e. The smallest absolute Gasteiger partial charge is 0.0580 e. The van der Waals surface area contributed by atoms with Crippen LogP contribution in [0, 0.1) is 12.8 Å². The zero-order chi connectivity index (χ0) is 12.3.